The summed E-state index contributed by atoms with van der Waals surface area (Å²) in [6.45, 7) is 6.40. The van der Waals surface area contributed by atoms with Gasteiger partial charge in [-0.1, -0.05) is 6.92 Å². The maximum absolute atomic E-state index is 5.69. The van der Waals surface area contributed by atoms with Crippen molar-refractivity contribution >= 4 is 11.3 Å². The second kappa shape index (κ2) is 6.53. The van der Waals surface area contributed by atoms with Crippen LogP contribution in [0.25, 0.3) is 0 Å². The lowest BCUT2D eigenvalue weighted by Crippen LogP contribution is -2.39. The molecule has 2 heterocycles. The van der Waals surface area contributed by atoms with Gasteiger partial charge in [0.25, 0.3) is 0 Å². The molecule has 0 spiro atoms. The van der Waals surface area contributed by atoms with Crippen LogP contribution < -0.4 is 5.32 Å². The average molecular weight is 253 g/mol. The van der Waals surface area contributed by atoms with Gasteiger partial charge >= 0.3 is 0 Å². The van der Waals surface area contributed by atoms with Gasteiger partial charge < -0.3 is 10.1 Å². The van der Waals surface area contributed by atoms with Gasteiger partial charge in [0, 0.05) is 18.6 Å². The number of ether oxygens (including phenoxy) is 1. The first-order chi connectivity index (χ1) is 8.31. The molecule has 1 N–H and O–H groups in total. The number of rotatable bonds is 6. The van der Waals surface area contributed by atoms with Gasteiger partial charge in [-0.2, -0.15) is 11.3 Å². The summed E-state index contributed by atoms with van der Waals surface area (Å²) in [7, 11) is 0. The second-order valence-electron chi connectivity index (χ2n) is 4.86. The van der Waals surface area contributed by atoms with Gasteiger partial charge in [0.2, 0.25) is 0 Å². The third kappa shape index (κ3) is 3.54. The minimum absolute atomic E-state index is 0.418. The summed E-state index contributed by atoms with van der Waals surface area (Å²) in [6, 6.07) is 2.85. The van der Waals surface area contributed by atoms with Crippen LogP contribution in [0.3, 0.4) is 0 Å². The highest BCUT2D eigenvalue weighted by molar-refractivity contribution is 7.07. The van der Waals surface area contributed by atoms with E-state index in [0.717, 1.165) is 13.2 Å². The average Bonchev–Trinajstić information content (AvgIpc) is 2.95. The molecule has 0 radical (unpaired) electrons. The van der Waals surface area contributed by atoms with Crippen LogP contribution in [0.5, 0.6) is 0 Å². The monoisotopic (exact) mass is 253 g/mol. The van der Waals surface area contributed by atoms with Crippen molar-refractivity contribution in [3.8, 4) is 0 Å². The summed E-state index contributed by atoms with van der Waals surface area (Å²) < 4.78 is 5.69. The first-order valence-corrected chi connectivity index (χ1v) is 7.61. The van der Waals surface area contributed by atoms with Crippen molar-refractivity contribution in [3.05, 3.63) is 22.4 Å². The first kappa shape index (κ1) is 13.1. The largest absolute Gasteiger partial charge is 0.378 e. The van der Waals surface area contributed by atoms with E-state index >= 15 is 0 Å². The Kier molecular flexibility index (Phi) is 5.01. The Morgan fingerprint density at radius 2 is 2.47 bits per heavy atom. The van der Waals surface area contributed by atoms with Crippen molar-refractivity contribution in [2.75, 3.05) is 13.2 Å². The number of hydrogen-bond donors (Lipinski definition) is 1. The Labute approximate surface area is 108 Å². The Morgan fingerprint density at radius 3 is 3.06 bits per heavy atom. The third-order valence-corrected chi connectivity index (χ3v) is 4.47. The quantitative estimate of drug-likeness (QED) is 0.841. The molecule has 1 fully saturated rings. The maximum Gasteiger partial charge on any atom is 0.0590 e. The summed E-state index contributed by atoms with van der Waals surface area (Å²) in [6.07, 6.45) is 4.04. The molecule has 0 bridgehead atoms. The fourth-order valence-electron chi connectivity index (χ4n) is 2.76. The van der Waals surface area contributed by atoms with E-state index in [0.29, 0.717) is 18.1 Å². The fraction of sp³-hybridized carbons (Fsp3) is 0.714. The van der Waals surface area contributed by atoms with Crippen molar-refractivity contribution in [3.63, 3.8) is 0 Å². The zero-order valence-electron chi connectivity index (χ0n) is 10.8. The molecule has 1 aromatic heterocycles. The molecule has 1 aromatic rings. The van der Waals surface area contributed by atoms with Gasteiger partial charge in [0.05, 0.1) is 6.10 Å². The Bertz CT molecular complexity index is 312. The van der Waals surface area contributed by atoms with Crippen LogP contribution in [0.4, 0.5) is 0 Å². The molecule has 0 amide bonds. The van der Waals surface area contributed by atoms with Crippen LogP contribution in [0.15, 0.2) is 16.8 Å². The summed E-state index contributed by atoms with van der Waals surface area (Å²) in [4.78, 5) is 0. The van der Waals surface area contributed by atoms with Gasteiger partial charge in [-0.15, -0.1) is 0 Å². The van der Waals surface area contributed by atoms with E-state index in [2.05, 4.69) is 36.0 Å². The zero-order chi connectivity index (χ0) is 12.1. The Morgan fingerprint density at radius 1 is 1.59 bits per heavy atom. The minimum atomic E-state index is 0.418. The van der Waals surface area contributed by atoms with Crippen LogP contribution in [0.1, 0.15) is 32.3 Å². The molecule has 1 saturated heterocycles. The standard InChI is InChI=1S/C14H23NOS/c1-3-15-14(13-6-8-16-11(13)2)5-4-12-7-9-17-10-12/h7,9-11,13-15H,3-6,8H2,1-2H3. The molecule has 3 atom stereocenters. The molecule has 3 heteroatoms. The van der Waals surface area contributed by atoms with Crippen LogP contribution in [0.2, 0.25) is 0 Å². The van der Waals surface area contributed by atoms with Crippen molar-refractivity contribution < 1.29 is 4.74 Å². The first-order valence-electron chi connectivity index (χ1n) is 6.67. The van der Waals surface area contributed by atoms with E-state index in [1.807, 2.05) is 0 Å². The summed E-state index contributed by atoms with van der Waals surface area (Å²) in [5.41, 5.74) is 1.48. The molecule has 0 saturated carbocycles. The molecule has 2 rings (SSSR count). The molecule has 0 aromatic carbocycles. The number of nitrogens with one attached hydrogen (secondary N) is 1. The normalized spacial score (nSPS) is 26.2. The SMILES string of the molecule is CCNC(CCc1ccsc1)C1CCOC1C. The van der Waals surface area contributed by atoms with Crippen LogP contribution in [0, 0.1) is 5.92 Å². The van der Waals surface area contributed by atoms with Gasteiger partial charge in [-0.3, -0.25) is 0 Å². The molecular formula is C14H23NOS. The van der Waals surface area contributed by atoms with Crippen molar-refractivity contribution in [1.82, 2.24) is 5.32 Å². The van der Waals surface area contributed by atoms with E-state index in [4.69, 9.17) is 4.74 Å². The predicted molar refractivity (Wildman–Crippen MR) is 73.6 cm³/mol. The fourth-order valence-corrected chi connectivity index (χ4v) is 3.47. The molecule has 1 aliphatic heterocycles. The van der Waals surface area contributed by atoms with Gasteiger partial charge in [-0.05, 0) is 55.1 Å². The van der Waals surface area contributed by atoms with Crippen LogP contribution in [-0.4, -0.2) is 25.3 Å². The molecule has 3 unspecified atom stereocenters. The van der Waals surface area contributed by atoms with Gasteiger partial charge in [-0.25, -0.2) is 0 Å². The van der Waals surface area contributed by atoms with Crippen LogP contribution >= 0.6 is 11.3 Å². The van der Waals surface area contributed by atoms with Crippen molar-refractivity contribution in [1.29, 1.82) is 0 Å². The molecular weight excluding hydrogens is 230 g/mol. The number of thiophene rings is 1. The smallest absolute Gasteiger partial charge is 0.0590 e. The topological polar surface area (TPSA) is 21.3 Å². The lowest BCUT2D eigenvalue weighted by Gasteiger charge is -2.26. The lowest BCUT2D eigenvalue weighted by molar-refractivity contribution is 0.0945. The van der Waals surface area contributed by atoms with Crippen molar-refractivity contribution in [2.24, 2.45) is 5.92 Å². The predicted octanol–water partition coefficient (Wildman–Crippen LogP) is 3.08. The molecule has 17 heavy (non-hydrogen) atoms. The van der Waals surface area contributed by atoms with E-state index in [9.17, 15) is 0 Å². The van der Waals surface area contributed by atoms with E-state index < -0.39 is 0 Å². The Hall–Kier alpha value is -0.380. The number of aryl methyl sites for hydroxylation is 1. The van der Waals surface area contributed by atoms with E-state index in [1.165, 1.54) is 24.8 Å². The highest BCUT2D eigenvalue weighted by atomic mass is 32.1. The Balaban J connectivity index is 1.88. The highest BCUT2D eigenvalue weighted by Crippen LogP contribution is 2.26. The van der Waals surface area contributed by atoms with Gasteiger partial charge in [0.1, 0.15) is 0 Å². The van der Waals surface area contributed by atoms with Crippen LogP contribution in [-0.2, 0) is 11.2 Å². The molecule has 96 valence electrons. The molecule has 1 aliphatic rings. The highest BCUT2D eigenvalue weighted by Gasteiger charge is 2.30. The van der Waals surface area contributed by atoms with Crippen molar-refractivity contribution in [2.45, 2.75) is 45.3 Å². The molecule has 0 aliphatic carbocycles. The number of hydrogen-bond acceptors (Lipinski definition) is 3. The second-order valence-corrected chi connectivity index (χ2v) is 5.64. The maximum atomic E-state index is 5.69. The van der Waals surface area contributed by atoms with Gasteiger partial charge in [0.15, 0.2) is 0 Å². The zero-order valence-corrected chi connectivity index (χ0v) is 11.6. The van der Waals surface area contributed by atoms with E-state index in [-0.39, 0.29) is 0 Å². The lowest BCUT2D eigenvalue weighted by atomic mass is 9.89. The summed E-state index contributed by atoms with van der Waals surface area (Å²) >= 11 is 1.79. The summed E-state index contributed by atoms with van der Waals surface area (Å²) in [5, 5.41) is 8.07. The minimum Gasteiger partial charge on any atom is -0.378 e. The summed E-state index contributed by atoms with van der Waals surface area (Å²) in [5.74, 6) is 0.689. The molecule has 2 nitrogen and oxygen atoms in total. The van der Waals surface area contributed by atoms with E-state index in [1.54, 1.807) is 11.3 Å². The third-order valence-electron chi connectivity index (χ3n) is 3.74.